The van der Waals surface area contributed by atoms with Crippen LogP contribution >= 0.6 is 0 Å². The first-order valence-electron chi connectivity index (χ1n) is 18.2. The standard InChI is InChI=1S/C41H58N6O7/c1-27(2)54-33(32(24-28-16-12-11-13-17-28)43-36(48)34(40(3,4)5)44-38(50)52-9)26-47(46-37(49)35(41(6,7)8)45-39(51)53-10)25-29-19-21-30(22-20-29)31-18-14-15-23-42-31/h11-23,27,32-35H,24-26H2,1-10H3,(H,43,48)(H,44,50)(H,45,51)(H,46,49)/t32-,33-,34+,35+/m0/s1. The zero-order chi connectivity index (χ0) is 40.1. The Morgan fingerprint density at radius 3 is 1.76 bits per heavy atom. The fourth-order valence-electron chi connectivity index (χ4n) is 5.85. The van der Waals surface area contributed by atoms with Gasteiger partial charge in [0.2, 0.25) is 5.91 Å². The van der Waals surface area contributed by atoms with E-state index in [0.717, 1.165) is 22.4 Å². The largest absolute Gasteiger partial charge is 0.453 e. The molecule has 0 spiro atoms. The lowest BCUT2D eigenvalue weighted by Crippen LogP contribution is -2.61. The molecule has 0 aliphatic rings. The lowest BCUT2D eigenvalue weighted by molar-refractivity contribution is -0.134. The third kappa shape index (κ3) is 13.8. The summed E-state index contributed by atoms with van der Waals surface area (Å²) in [5.41, 5.74) is 5.30. The van der Waals surface area contributed by atoms with E-state index in [9.17, 15) is 19.2 Å². The van der Waals surface area contributed by atoms with Crippen molar-refractivity contribution in [2.45, 2.75) is 98.7 Å². The van der Waals surface area contributed by atoms with Gasteiger partial charge in [-0.3, -0.25) is 20.0 Å². The topological polar surface area (TPSA) is 160 Å². The van der Waals surface area contributed by atoms with Gasteiger partial charge in [0.1, 0.15) is 12.1 Å². The highest BCUT2D eigenvalue weighted by molar-refractivity contribution is 5.87. The van der Waals surface area contributed by atoms with Gasteiger partial charge in [0, 0.05) is 24.8 Å². The minimum Gasteiger partial charge on any atom is -0.453 e. The Hall–Kier alpha value is -5.01. The van der Waals surface area contributed by atoms with Crippen LogP contribution in [0.1, 0.15) is 66.5 Å². The number of methoxy groups -OCH3 is 2. The van der Waals surface area contributed by atoms with Crippen LogP contribution in [0.2, 0.25) is 0 Å². The molecule has 0 bridgehead atoms. The summed E-state index contributed by atoms with van der Waals surface area (Å²) in [5.74, 6) is -0.873. The van der Waals surface area contributed by atoms with Gasteiger partial charge in [-0.05, 0) is 54.4 Å². The van der Waals surface area contributed by atoms with E-state index in [2.05, 4.69) is 26.4 Å². The van der Waals surface area contributed by atoms with Gasteiger partial charge < -0.3 is 30.2 Å². The molecule has 0 radical (unpaired) electrons. The van der Waals surface area contributed by atoms with Gasteiger partial charge in [-0.2, -0.15) is 0 Å². The first-order chi connectivity index (χ1) is 25.4. The fourth-order valence-corrected chi connectivity index (χ4v) is 5.85. The molecule has 4 atom stereocenters. The van der Waals surface area contributed by atoms with Gasteiger partial charge in [0.15, 0.2) is 0 Å². The quantitative estimate of drug-likeness (QED) is 0.136. The molecule has 294 valence electrons. The SMILES string of the molecule is COC(=O)N[C@H](C(=O)N[C@@H](Cc1ccccc1)[C@H](CN(Cc1ccc(-c2ccccn2)cc1)NC(=O)[C@@H](NC(=O)OC)C(C)(C)C)OC(C)C)C(C)(C)C. The predicted molar refractivity (Wildman–Crippen MR) is 208 cm³/mol. The summed E-state index contributed by atoms with van der Waals surface area (Å²) >= 11 is 0. The second-order valence-electron chi connectivity index (χ2n) is 15.7. The summed E-state index contributed by atoms with van der Waals surface area (Å²) in [6.45, 7) is 15.3. The van der Waals surface area contributed by atoms with Crippen molar-refractivity contribution < 1.29 is 33.4 Å². The molecule has 0 saturated carbocycles. The van der Waals surface area contributed by atoms with Gasteiger partial charge in [0.25, 0.3) is 5.91 Å². The molecule has 13 nitrogen and oxygen atoms in total. The number of nitrogens with one attached hydrogen (secondary N) is 4. The van der Waals surface area contributed by atoms with Crippen LogP contribution in [0.25, 0.3) is 11.3 Å². The number of carbonyl (C=O) groups excluding carboxylic acids is 4. The number of hydrazine groups is 1. The highest BCUT2D eigenvalue weighted by Gasteiger charge is 2.38. The molecule has 2 aromatic carbocycles. The molecule has 4 N–H and O–H groups in total. The summed E-state index contributed by atoms with van der Waals surface area (Å²) < 4.78 is 16.3. The average Bonchev–Trinajstić information content (AvgIpc) is 3.11. The summed E-state index contributed by atoms with van der Waals surface area (Å²) in [4.78, 5) is 57.3. The maximum absolute atomic E-state index is 14.1. The van der Waals surface area contributed by atoms with Crippen molar-refractivity contribution in [2.75, 3.05) is 20.8 Å². The molecule has 0 fully saturated rings. The normalized spacial score (nSPS) is 14.0. The molecular formula is C41H58N6O7. The second kappa shape index (κ2) is 19.9. The van der Waals surface area contributed by atoms with Crippen LogP contribution in [0.3, 0.4) is 0 Å². The van der Waals surface area contributed by atoms with E-state index >= 15 is 0 Å². The Balaban J connectivity index is 2.07. The maximum atomic E-state index is 14.1. The molecule has 0 aliphatic carbocycles. The zero-order valence-electron chi connectivity index (χ0n) is 33.3. The van der Waals surface area contributed by atoms with Crippen LogP contribution in [0, 0.1) is 10.8 Å². The third-order valence-corrected chi connectivity index (χ3v) is 8.63. The first-order valence-corrected chi connectivity index (χ1v) is 18.2. The Bertz CT molecular complexity index is 1640. The van der Waals surface area contributed by atoms with Crippen LogP contribution < -0.4 is 21.4 Å². The summed E-state index contributed by atoms with van der Waals surface area (Å²) in [5, 5.41) is 10.3. The monoisotopic (exact) mass is 746 g/mol. The van der Waals surface area contributed by atoms with Crippen molar-refractivity contribution >= 4 is 24.0 Å². The molecular weight excluding hydrogens is 688 g/mol. The van der Waals surface area contributed by atoms with Crippen molar-refractivity contribution in [3.05, 3.63) is 90.1 Å². The Kier molecular flexibility index (Phi) is 16.0. The number of aromatic nitrogens is 1. The van der Waals surface area contributed by atoms with E-state index in [1.807, 2.05) is 128 Å². The number of ether oxygens (including phenoxy) is 3. The van der Waals surface area contributed by atoms with Gasteiger partial charge in [-0.25, -0.2) is 14.6 Å². The van der Waals surface area contributed by atoms with Crippen molar-refractivity contribution in [1.29, 1.82) is 0 Å². The molecule has 1 heterocycles. The number of alkyl carbamates (subject to hydrolysis) is 2. The van der Waals surface area contributed by atoms with Crippen LogP contribution in [0.15, 0.2) is 79.0 Å². The fraction of sp³-hybridized carbons (Fsp3) is 0.488. The molecule has 4 amide bonds. The van der Waals surface area contributed by atoms with Crippen LogP contribution in [-0.2, 0) is 36.8 Å². The molecule has 0 saturated heterocycles. The van der Waals surface area contributed by atoms with Gasteiger partial charge in [0.05, 0.1) is 38.2 Å². The van der Waals surface area contributed by atoms with E-state index in [4.69, 9.17) is 14.2 Å². The van der Waals surface area contributed by atoms with Crippen LogP contribution in [0.5, 0.6) is 0 Å². The minimum absolute atomic E-state index is 0.128. The van der Waals surface area contributed by atoms with Gasteiger partial charge in [-0.1, -0.05) is 102 Å². The molecule has 1 aromatic heterocycles. The van der Waals surface area contributed by atoms with Crippen molar-refractivity contribution in [3.63, 3.8) is 0 Å². The number of benzene rings is 2. The third-order valence-electron chi connectivity index (χ3n) is 8.63. The van der Waals surface area contributed by atoms with Crippen molar-refractivity contribution in [1.82, 2.24) is 31.4 Å². The number of hydrogen-bond donors (Lipinski definition) is 4. The van der Waals surface area contributed by atoms with Crippen molar-refractivity contribution in [2.24, 2.45) is 10.8 Å². The Morgan fingerprint density at radius 1 is 0.704 bits per heavy atom. The average molecular weight is 747 g/mol. The molecule has 0 aliphatic heterocycles. The van der Waals surface area contributed by atoms with Crippen molar-refractivity contribution in [3.8, 4) is 11.3 Å². The number of hydrogen-bond acceptors (Lipinski definition) is 9. The number of nitrogens with zero attached hydrogens (tertiary/aromatic N) is 2. The number of carbonyl (C=O) groups is 4. The lowest BCUT2D eigenvalue weighted by atomic mass is 9.85. The highest BCUT2D eigenvalue weighted by atomic mass is 16.5. The maximum Gasteiger partial charge on any atom is 0.407 e. The number of amides is 4. The molecule has 54 heavy (non-hydrogen) atoms. The van der Waals surface area contributed by atoms with Crippen LogP contribution in [-0.4, -0.2) is 85.1 Å². The van der Waals surface area contributed by atoms with E-state index < -0.39 is 59.1 Å². The Labute approximate surface area is 319 Å². The Morgan fingerprint density at radius 2 is 1.26 bits per heavy atom. The van der Waals surface area contributed by atoms with E-state index in [0.29, 0.717) is 6.42 Å². The summed E-state index contributed by atoms with van der Waals surface area (Å²) in [6.07, 6.45) is -0.283. The predicted octanol–water partition coefficient (Wildman–Crippen LogP) is 5.64. The lowest BCUT2D eigenvalue weighted by Gasteiger charge is -2.37. The summed E-state index contributed by atoms with van der Waals surface area (Å²) in [6, 6.07) is 20.8. The molecule has 3 aromatic rings. The minimum atomic E-state index is -0.958. The number of pyridine rings is 1. The zero-order valence-corrected chi connectivity index (χ0v) is 33.3. The van der Waals surface area contributed by atoms with E-state index in [1.165, 1.54) is 14.2 Å². The highest BCUT2D eigenvalue weighted by Crippen LogP contribution is 2.23. The smallest absolute Gasteiger partial charge is 0.407 e. The van der Waals surface area contributed by atoms with Gasteiger partial charge in [-0.15, -0.1) is 0 Å². The van der Waals surface area contributed by atoms with Gasteiger partial charge >= 0.3 is 12.2 Å². The van der Waals surface area contributed by atoms with E-state index in [1.54, 1.807) is 11.2 Å². The number of rotatable bonds is 16. The van der Waals surface area contributed by atoms with E-state index in [-0.39, 0.29) is 19.2 Å². The molecule has 3 rings (SSSR count). The first kappa shape index (κ1) is 43.4. The summed E-state index contributed by atoms with van der Waals surface area (Å²) in [7, 11) is 2.49. The molecule has 13 heteroatoms. The van der Waals surface area contributed by atoms with Crippen LogP contribution in [0.4, 0.5) is 9.59 Å². The second-order valence-corrected chi connectivity index (χ2v) is 15.7. The molecule has 0 unspecified atom stereocenters.